The largest absolute Gasteiger partial charge is 0.490 e. The summed E-state index contributed by atoms with van der Waals surface area (Å²) in [6.07, 6.45) is -5.36. The van der Waals surface area contributed by atoms with Crippen LogP contribution in [-0.4, -0.2) is 132 Å². The lowest BCUT2D eigenvalue weighted by atomic mass is 10.1. The molecule has 10 N–H and O–H groups in total. The van der Waals surface area contributed by atoms with E-state index in [4.69, 9.17) is 39.5 Å². The molecule has 29 nitrogen and oxygen atoms in total. The molecule has 12 atom stereocenters. The molecule has 33 heteroatoms. The van der Waals surface area contributed by atoms with E-state index < -0.39 is 93.6 Å². The van der Waals surface area contributed by atoms with E-state index in [-0.39, 0.29) is 47.2 Å². The Morgan fingerprint density at radius 2 is 0.928 bits per heavy atom. The number of phosphoric acid groups is 4. The average molecular weight is 1040 g/mol. The van der Waals surface area contributed by atoms with E-state index in [2.05, 4.69) is 42.8 Å². The maximum Gasteiger partial charge on any atom is 0.490 e. The summed E-state index contributed by atoms with van der Waals surface area (Å²) in [6, 6.07) is 18.4. The molecule has 0 bridgehead atoms. The second-order valence-electron chi connectivity index (χ2n) is 15.1. The fourth-order valence-electron chi connectivity index (χ4n) is 7.35. The average Bonchev–Trinajstić information content (AvgIpc) is 4.06. The number of nitrogens with zero attached hydrogens (tertiary/aromatic N) is 8. The number of ether oxygens (including phenoxy) is 4. The Morgan fingerprint density at radius 3 is 1.32 bits per heavy atom. The van der Waals surface area contributed by atoms with E-state index in [0.717, 1.165) is 23.8 Å². The molecule has 0 amide bonds. The topological polar surface area (TPSA) is 412 Å². The van der Waals surface area contributed by atoms with E-state index in [9.17, 15) is 48.0 Å². The highest BCUT2D eigenvalue weighted by Gasteiger charge is 2.51. The second-order valence-corrected chi connectivity index (χ2v) is 21.4. The summed E-state index contributed by atoms with van der Waals surface area (Å²) >= 11 is 0. The van der Waals surface area contributed by atoms with Gasteiger partial charge in [0.05, 0.1) is 39.1 Å². The summed E-state index contributed by atoms with van der Waals surface area (Å²) in [4.78, 5) is 65.7. The fraction of sp³-hybridized carbons (Fsp3) is 0.389. The molecule has 69 heavy (non-hydrogen) atoms. The normalized spacial score (nSPS) is 26.4. The number of anilines is 2. The van der Waals surface area contributed by atoms with Crippen LogP contribution in [-0.2, 0) is 72.0 Å². The van der Waals surface area contributed by atoms with Crippen LogP contribution >= 0.6 is 31.3 Å². The number of aromatic nitrogens is 8. The lowest BCUT2D eigenvalue weighted by Gasteiger charge is -2.22. The summed E-state index contributed by atoms with van der Waals surface area (Å²) in [6.45, 7) is -1.95. The van der Waals surface area contributed by atoms with Crippen LogP contribution in [0.4, 0.5) is 11.6 Å². The highest BCUT2D eigenvalue weighted by molar-refractivity contribution is 7.69. The molecule has 0 spiro atoms. The first kappa shape index (κ1) is 50.8. The van der Waals surface area contributed by atoms with Gasteiger partial charge in [-0.3, -0.25) is 18.2 Å². The number of phosphoric ester groups is 2. The van der Waals surface area contributed by atoms with Crippen LogP contribution in [0.15, 0.2) is 86.0 Å². The molecule has 0 radical (unpaired) electrons. The lowest BCUT2D eigenvalue weighted by molar-refractivity contribution is -0.0696. The zero-order chi connectivity index (χ0) is 49.1. The van der Waals surface area contributed by atoms with Gasteiger partial charge in [-0.15, -0.1) is 0 Å². The third kappa shape index (κ3) is 12.3. The van der Waals surface area contributed by atoms with Gasteiger partial charge in [-0.1, -0.05) is 60.7 Å². The zero-order valence-corrected chi connectivity index (χ0v) is 39.0. The van der Waals surface area contributed by atoms with Crippen LogP contribution in [0.2, 0.25) is 0 Å². The number of rotatable bonds is 22. The van der Waals surface area contributed by atoms with Crippen LogP contribution in [0, 0.1) is 0 Å². The first-order chi connectivity index (χ1) is 32.8. The molecule has 6 aromatic rings. The molecule has 2 aromatic carbocycles. The van der Waals surface area contributed by atoms with Crippen molar-refractivity contribution in [3.63, 3.8) is 0 Å². The van der Waals surface area contributed by atoms with Crippen molar-refractivity contribution in [2.45, 2.75) is 61.9 Å². The first-order valence-electron chi connectivity index (χ1n) is 20.4. The third-order valence-corrected chi connectivity index (χ3v) is 16.4. The molecule has 2 aliphatic rings. The summed E-state index contributed by atoms with van der Waals surface area (Å²) in [5, 5.41) is 22.6. The van der Waals surface area contributed by atoms with Crippen molar-refractivity contribution in [3.05, 3.63) is 97.1 Å². The number of hydrogen-bond acceptors (Lipinski definition) is 23. The van der Waals surface area contributed by atoms with Gasteiger partial charge in [0, 0.05) is 0 Å². The van der Waals surface area contributed by atoms with Crippen molar-refractivity contribution in [2.24, 2.45) is 0 Å². The Balaban J connectivity index is 0.873. The molecular formula is C36H44N10O19P4. The number of imidazole rings is 2. The maximum absolute atomic E-state index is 12.9. The van der Waals surface area contributed by atoms with Crippen molar-refractivity contribution < 1.29 is 89.0 Å². The molecule has 2 fully saturated rings. The predicted molar refractivity (Wildman–Crippen MR) is 234 cm³/mol. The SMILES string of the molecule is Nc1ncnc2c1ncn2[C@@H]1O[C@H](COP(=O)(O)OP(=O)(O)OP(=O)(O)OP(=O)(O)OC[C@H]2O[C@H](n3cnc4c(N)ncnc43)[C@@H](OCCc3ccccc3)[C@H]2O)[C@@H](O)[C@H]1OCCc1ccccc1. The van der Waals surface area contributed by atoms with Gasteiger partial charge in [0.1, 0.15) is 60.3 Å². The fourth-order valence-corrected chi connectivity index (χ4v) is 12.3. The van der Waals surface area contributed by atoms with Gasteiger partial charge in [-0.05, 0) is 24.0 Å². The third-order valence-electron chi connectivity index (χ3n) is 10.5. The van der Waals surface area contributed by atoms with Crippen LogP contribution < -0.4 is 11.5 Å². The van der Waals surface area contributed by atoms with Crippen LogP contribution in [0.1, 0.15) is 23.6 Å². The van der Waals surface area contributed by atoms with E-state index in [1.807, 2.05) is 60.7 Å². The van der Waals surface area contributed by atoms with E-state index in [0.29, 0.717) is 12.8 Å². The molecule has 4 aromatic heterocycles. The molecule has 6 heterocycles. The molecule has 372 valence electrons. The molecule has 0 aliphatic carbocycles. The molecular weight excluding hydrogens is 1000 g/mol. The van der Waals surface area contributed by atoms with Gasteiger partial charge in [-0.2, -0.15) is 12.9 Å². The molecule has 8 rings (SSSR count). The molecule has 0 saturated carbocycles. The minimum atomic E-state index is -6.23. The summed E-state index contributed by atoms with van der Waals surface area (Å²) in [5.41, 5.74) is 14.4. The molecule has 2 saturated heterocycles. The van der Waals surface area contributed by atoms with Crippen molar-refractivity contribution in [3.8, 4) is 0 Å². The van der Waals surface area contributed by atoms with Gasteiger partial charge in [-0.25, -0.2) is 48.2 Å². The number of nitrogen functional groups attached to an aromatic ring is 2. The van der Waals surface area contributed by atoms with Crippen LogP contribution in [0.5, 0.6) is 0 Å². The Labute approximate surface area is 389 Å². The van der Waals surface area contributed by atoms with Gasteiger partial charge in [0.15, 0.2) is 35.4 Å². The second kappa shape index (κ2) is 21.0. The number of fused-ring (bicyclic) bond motifs is 2. The summed E-state index contributed by atoms with van der Waals surface area (Å²) in [5.74, 6) is 0.0656. The Hall–Kier alpha value is -4.54. The first-order valence-corrected chi connectivity index (χ1v) is 26.4. The number of aliphatic hydroxyl groups is 2. The van der Waals surface area contributed by atoms with Crippen molar-refractivity contribution in [1.82, 2.24) is 39.0 Å². The van der Waals surface area contributed by atoms with Gasteiger partial charge in [0.25, 0.3) is 0 Å². The van der Waals surface area contributed by atoms with E-state index in [1.165, 1.54) is 21.8 Å². The van der Waals surface area contributed by atoms with Gasteiger partial charge < -0.3 is 60.2 Å². The van der Waals surface area contributed by atoms with Crippen molar-refractivity contribution in [1.29, 1.82) is 0 Å². The lowest BCUT2D eigenvalue weighted by Crippen LogP contribution is -2.36. The predicted octanol–water partition coefficient (Wildman–Crippen LogP) is 2.09. The quantitative estimate of drug-likeness (QED) is 0.0451. The summed E-state index contributed by atoms with van der Waals surface area (Å²) in [7, 11) is -24.1. The molecule has 2 aliphatic heterocycles. The van der Waals surface area contributed by atoms with Crippen LogP contribution in [0.25, 0.3) is 22.3 Å². The van der Waals surface area contributed by atoms with Crippen LogP contribution in [0.3, 0.4) is 0 Å². The number of hydrogen-bond donors (Lipinski definition) is 8. The number of nitrogens with two attached hydrogens (primary N) is 2. The Kier molecular flexibility index (Phi) is 15.5. The zero-order valence-electron chi connectivity index (χ0n) is 35.5. The highest BCUT2D eigenvalue weighted by Crippen LogP contribution is 2.71. The van der Waals surface area contributed by atoms with Crippen molar-refractivity contribution in [2.75, 3.05) is 37.9 Å². The number of aliphatic hydroxyl groups excluding tert-OH is 2. The van der Waals surface area contributed by atoms with Gasteiger partial charge in [0.2, 0.25) is 0 Å². The monoisotopic (exact) mass is 1040 g/mol. The van der Waals surface area contributed by atoms with E-state index >= 15 is 0 Å². The Bertz CT molecular complexity index is 2730. The highest BCUT2D eigenvalue weighted by atomic mass is 31.3. The van der Waals surface area contributed by atoms with Crippen molar-refractivity contribution >= 4 is 65.3 Å². The molecule has 4 unspecified atom stereocenters. The minimum Gasteiger partial charge on any atom is -0.387 e. The Morgan fingerprint density at radius 1 is 0.551 bits per heavy atom. The van der Waals surface area contributed by atoms with Gasteiger partial charge >= 0.3 is 31.3 Å². The maximum atomic E-state index is 12.9. The smallest absolute Gasteiger partial charge is 0.387 e. The standard InChI is InChI=1S/C36H44N10O19P4/c37-31-25-33(41-17-39-31)45(19-43-25)35-29(57-13-11-21-7-3-1-4-8-21)27(47)23(61-35)15-59-66(49,50)63-68(53,54)65-69(55,56)64-67(51,52)60-16-24-28(48)30(58-14-12-22-9-5-2-6-10-22)36(62-24)46-20-44-26-32(38)40-18-42-34(26)46/h1-10,17-20,23-24,27-30,35-36,47-48H,11-16H2,(H,49,50)(H,51,52)(H,53,54)(H,55,56)(H2,37,39,41)(H2,38,40,42)/t23-,24-,27-,28+,29-,30+,35-,36+/m1/s1. The van der Waals surface area contributed by atoms with E-state index in [1.54, 1.807) is 0 Å². The summed E-state index contributed by atoms with van der Waals surface area (Å²) < 4.78 is 99.9. The number of benzene rings is 2. The minimum absolute atomic E-state index is 0.0328.